The van der Waals surface area contributed by atoms with E-state index in [0.717, 1.165) is 19.3 Å². The van der Waals surface area contributed by atoms with Crippen LogP contribution in [0.4, 0.5) is 4.79 Å². The Balaban J connectivity index is 1.61. The first-order chi connectivity index (χ1) is 8.65. The van der Waals surface area contributed by atoms with Crippen LogP contribution >= 0.6 is 0 Å². The highest BCUT2D eigenvalue weighted by Gasteiger charge is 2.26. The number of carbonyl (C=O) groups excluding carboxylic acids is 3. The molecule has 3 amide bonds. The number of hydrogen-bond donors (Lipinski definition) is 2. The third-order valence-electron chi connectivity index (χ3n) is 2.70. The van der Waals surface area contributed by atoms with Crippen molar-refractivity contribution in [1.82, 2.24) is 10.6 Å². The van der Waals surface area contributed by atoms with Gasteiger partial charge in [0, 0.05) is 12.6 Å². The molecule has 1 atom stereocenters. The summed E-state index contributed by atoms with van der Waals surface area (Å²) in [6.07, 6.45) is 2.74. The normalized spacial score (nSPS) is 22.3. The maximum atomic E-state index is 11.4. The van der Waals surface area contributed by atoms with Crippen LogP contribution < -0.4 is 10.6 Å². The van der Waals surface area contributed by atoms with Crippen molar-refractivity contribution in [2.45, 2.75) is 37.8 Å². The lowest BCUT2D eigenvalue weighted by Crippen LogP contribution is -2.42. The van der Waals surface area contributed by atoms with E-state index in [1.54, 1.807) is 0 Å². The second kappa shape index (κ2) is 5.81. The van der Waals surface area contributed by atoms with Crippen LogP contribution in [0.15, 0.2) is 0 Å². The number of nitrogens with one attached hydrogen (secondary N) is 2. The van der Waals surface area contributed by atoms with Gasteiger partial charge in [0.15, 0.2) is 12.7 Å². The van der Waals surface area contributed by atoms with E-state index in [2.05, 4.69) is 10.6 Å². The molecule has 1 saturated carbocycles. The number of carbonyl (C=O) groups is 3. The molecule has 1 aliphatic carbocycles. The van der Waals surface area contributed by atoms with E-state index in [1.165, 1.54) is 0 Å². The summed E-state index contributed by atoms with van der Waals surface area (Å²) in [4.78, 5) is 33.9. The number of amides is 3. The maximum Gasteiger partial charge on any atom is 0.335 e. The highest BCUT2D eigenvalue weighted by Crippen LogP contribution is 2.18. The molecule has 0 aromatic rings. The molecule has 2 fully saturated rings. The standard InChI is InChI=1S/C11H16N2O5/c14-9(13-11(16)12-7-3-4-7)6-18-10(15)8-2-1-5-17-8/h7-8H,1-6H2,(H2,12,13,14,16)/t8-/m0/s1. The van der Waals surface area contributed by atoms with Crippen molar-refractivity contribution in [3.63, 3.8) is 0 Å². The molecule has 100 valence electrons. The van der Waals surface area contributed by atoms with E-state index in [4.69, 9.17) is 9.47 Å². The monoisotopic (exact) mass is 256 g/mol. The first-order valence-electron chi connectivity index (χ1n) is 6.04. The Morgan fingerprint density at radius 3 is 2.61 bits per heavy atom. The molecule has 2 N–H and O–H groups in total. The van der Waals surface area contributed by atoms with Gasteiger partial charge < -0.3 is 14.8 Å². The van der Waals surface area contributed by atoms with Crippen LogP contribution in [-0.4, -0.2) is 43.3 Å². The molecule has 2 aliphatic rings. The quantitative estimate of drug-likeness (QED) is 0.673. The van der Waals surface area contributed by atoms with Crippen LogP contribution in [0.25, 0.3) is 0 Å². The second-order valence-electron chi connectivity index (χ2n) is 4.41. The van der Waals surface area contributed by atoms with E-state index < -0.39 is 30.6 Å². The van der Waals surface area contributed by atoms with E-state index >= 15 is 0 Å². The first kappa shape index (κ1) is 12.8. The lowest BCUT2D eigenvalue weighted by Gasteiger charge is -2.09. The zero-order chi connectivity index (χ0) is 13.0. The van der Waals surface area contributed by atoms with Crippen LogP contribution in [0, 0.1) is 0 Å². The topological polar surface area (TPSA) is 93.7 Å². The van der Waals surface area contributed by atoms with Gasteiger partial charge in [0.1, 0.15) is 0 Å². The average molecular weight is 256 g/mol. The fourth-order valence-corrected chi connectivity index (χ4v) is 1.61. The Bertz CT molecular complexity index is 347. The minimum atomic E-state index is -0.639. The van der Waals surface area contributed by atoms with Gasteiger partial charge in [-0.25, -0.2) is 9.59 Å². The lowest BCUT2D eigenvalue weighted by molar-refractivity contribution is -0.157. The van der Waals surface area contributed by atoms with Crippen molar-refractivity contribution in [1.29, 1.82) is 0 Å². The van der Waals surface area contributed by atoms with Gasteiger partial charge in [-0.15, -0.1) is 0 Å². The molecular weight excluding hydrogens is 240 g/mol. The van der Waals surface area contributed by atoms with E-state index in [-0.39, 0.29) is 6.04 Å². The fraction of sp³-hybridized carbons (Fsp3) is 0.727. The molecule has 0 bridgehead atoms. The largest absolute Gasteiger partial charge is 0.454 e. The Hall–Kier alpha value is -1.63. The number of esters is 1. The van der Waals surface area contributed by atoms with Crippen LogP contribution in [-0.2, 0) is 19.1 Å². The molecular formula is C11H16N2O5. The maximum absolute atomic E-state index is 11.4. The second-order valence-corrected chi connectivity index (χ2v) is 4.41. The molecule has 1 heterocycles. The molecule has 0 radical (unpaired) electrons. The predicted molar refractivity (Wildman–Crippen MR) is 59.6 cm³/mol. The Labute approximate surface area is 104 Å². The minimum absolute atomic E-state index is 0.173. The summed E-state index contributed by atoms with van der Waals surface area (Å²) < 4.78 is 9.86. The van der Waals surface area contributed by atoms with Gasteiger partial charge >= 0.3 is 12.0 Å². The lowest BCUT2D eigenvalue weighted by atomic mass is 10.2. The summed E-state index contributed by atoms with van der Waals surface area (Å²) in [5.74, 6) is -1.19. The van der Waals surface area contributed by atoms with Crippen LogP contribution in [0.1, 0.15) is 25.7 Å². The Morgan fingerprint density at radius 1 is 1.22 bits per heavy atom. The van der Waals surface area contributed by atoms with E-state index in [0.29, 0.717) is 13.0 Å². The van der Waals surface area contributed by atoms with Crippen molar-refractivity contribution in [3.05, 3.63) is 0 Å². The molecule has 18 heavy (non-hydrogen) atoms. The van der Waals surface area contributed by atoms with E-state index in [1.807, 2.05) is 0 Å². The molecule has 2 rings (SSSR count). The highest BCUT2D eigenvalue weighted by molar-refractivity contribution is 5.95. The van der Waals surface area contributed by atoms with Gasteiger partial charge in [0.2, 0.25) is 0 Å². The van der Waals surface area contributed by atoms with Gasteiger partial charge in [-0.1, -0.05) is 0 Å². The summed E-state index contributed by atoms with van der Waals surface area (Å²) in [6, 6.07) is -0.372. The molecule has 0 aromatic heterocycles. The number of ether oxygens (including phenoxy) is 2. The van der Waals surface area contributed by atoms with Gasteiger partial charge in [0.05, 0.1) is 0 Å². The van der Waals surface area contributed by atoms with Crippen LogP contribution in [0.5, 0.6) is 0 Å². The van der Waals surface area contributed by atoms with Crippen molar-refractivity contribution in [2.24, 2.45) is 0 Å². The molecule has 7 nitrogen and oxygen atoms in total. The van der Waals surface area contributed by atoms with E-state index in [9.17, 15) is 14.4 Å². The zero-order valence-electron chi connectivity index (χ0n) is 9.94. The number of imide groups is 1. The zero-order valence-corrected chi connectivity index (χ0v) is 9.94. The molecule has 0 aromatic carbocycles. The summed E-state index contributed by atoms with van der Waals surface area (Å²) >= 11 is 0. The Morgan fingerprint density at radius 2 is 2.00 bits per heavy atom. The third-order valence-corrected chi connectivity index (χ3v) is 2.70. The third kappa shape index (κ3) is 3.99. The summed E-state index contributed by atoms with van der Waals surface area (Å²) in [5.41, 5.74) is 0. The van der Waals surface area contributed by atoms with Crippen molar-refractivity contribution >= 4 is 17.9 Å². The molecule has 1 saturated heterocycles. The van der Waals surface area contributed by atoms with Gasteiger partial charge in [-0.3, -0.25) is 10.1 Å². The average Bonchev–Trinajstić information content (AvgIpc) is 2.97. The van der Waals surface area contributed by atoms with Gasteiger partial charge in [-0.2, -0.15) is 0 Å². The first-order valence-corrected chi connectivity index (χ1v) is 6.04. The number of hydrogen-bond acceptors (Lipinski definition) is 5. The van der Waals surface area contributed by atoms with Crippen molar-refractivity contribution in [2.75, 3.05) is 13.2 Å². The SMILES string of the molecule is O=C(COC(=O)[C@@H]1CCCO1)NC(=O)NC1CC1. The summed E-state index contributed by atoms with van der Waals surface area (Å²) in [7, 11) is 0. The van der Waals surface area contributed by atoms with Crippen molar-refractivity contribution < 1.29 is 23.9 Å². The number of urea groups is 1. The smallest absolute Gasteiger partial charge is 0.335 e. The highest BCUT2D eigenvalue weighted by atomic mass is 16.6. The molecule has 0 spiro atoms. The van der Waals surface area contributed by atoms with Gasteiger partial charge in [-0.05, 0) is 25.7 Å². The van der Waals surface area contributed by atoms with Crippen LogP contribution in [0.3, 0.4) is 0 Å². The summed E-state index contributed by atoms with van der Waals surface area (Å²) in [6.45, 7) is 0.0759. The van der Waals surface area contributed by atoms with Gasteiger partial charge in [0.25, 0.3) is 5.91 Å². The molecule has 1 aliphatic heterocycles. The minimum Gasteiger partial charge on any atom is -0.454 e. The predicted octanol–water partition coefficient (Wildman–Crippen LogP) is -0.303. The van der Waals surface area contributed by atoms with Crippen molar-refractivity contribution in [3.8, 4) is 0 Å². The Kier molecular flexibility index (Phi) is 4.14. The number of rotatable bonds is 4. The molecule has 0 unspecified atom stereocenters. The fourth-order valence-electron chi connectivity index (χ4n) is 1.61. The molecule has 7 heteroatoms. The summed E-state index contributed by atoms with van der Waals surface area (Å²) in [5, 5.41) is 4.68. The van der Waals surface area contributed by atoms with Crippen LogP contribution in [0.2, 0.25) is 0 Å².